The fourth-order valence-electron chi connectivity index (χ4n) is 3.52. The Kier molecular flexibility index (Phi) is 4.96. The number of aryl methyl sites for hydroxylation is 1. The molecule has 0 N–H and O–H groups in total. The zero-order valence-electron chi connectivity index (χ0n) is 14.1. The molecule has 3 rings (SSSR count). The molecule has 0 saturated heterocycles. The summed E-state index contributed by atoms with van der Waals surface area (Å²) in [6.07, 6.45) is 5.16. The lowest BCUT2D eigenvalue weighted by atomic mass is 9.82. The van der Waals surface area contributed by atoms with Crippen LogP contribution in [0.4, 0.5) is 4.39 Å². The summed E-state index contributed by atoms with van der Waals surface area (Å²) in [4.78, 5) is 11.8. The third-order valence-electron chi connectivity index (χ3n) is 4.72. The fourth-order valence-corrected chi connectivity index (χ4v) is 3.93. The van der Waals surface area contributed by atoms with Gasteiger partial charge in [-0.25, -0.2) is 4.39 Å². The quantitative estimate of drug-likeness (QED) is 0.580. The Labute approximate surface area is 145 Å². The van der Waals surface area contributed by atoms with Crippen molar-refractivity contribution < 1.29 is 9.18 Å². The first-order valence-electron chi connectivity index (χ1n) is 8.36. The molecule has 124 valence electrons. The predicted molar refractivity (Wildman–Crippen MR) is 101 cm³/mol. The van der Waals surface area contributed by atoms with Crippen molar-refractivity contribution in [2.24, 2.45) is 0 Å². The number of benzene rings is 2. The number of rotatable bonds is 3. The van der Waals surface area contributed by atoms with Crippen molar-refractivity contribution in [2.75, 3.05) is 0 Å². The van der Waals surface area contributed by atoms with E-state index in [2.05, 4.69) is 34.4 Å². The predicted octanol–water partition coefficient (Wildman–Crippen LogP) is 4.79. The minimum atomic E-state index is -0.273. The molecule has 3 heteroatoms. The molecule has 1 aliphatic rings. The standard InChI is InChI=1S/C21H22FOP/c1-13-4-3-5-15-11-16(6-8-18(13)15)20(10-14(2)23)19-9-7-17(22)12-21(19)24/h6-13H,3-5,24H2,1-2H3/b20-10+. The molecule has 0 aromatic heterocycles. The number of allylic oxidation sites excluding steroid dienone is 1. The maximum absolute atomic E-state index is 13.4. The van der Waals surface area contributed by atoms with E-state index in [1.807, 2.05) is 0 Å². The van der Waals surface area contributed by atoms with Gasteiger partial charge in [-0.15, -0.1) is 9.24 Å². The van der Waals surface area contributed by atoms with Gasteiger partial charge in [-0.1, -0.05) is 31.2 Å². The van der Waals surface area contributed by atoms with Crippen molar-refractivity contribution in [1.29, 1.82) is 0 Å². The topological polar surface area (TPSA) is 17.1 Å². The second-order valence-corrected chi connectivity index (χ2v) is 7.23. The number of ketones is 1. The van der Waals surface area contributed by atoms with Gasteiger partial charge in [0.15, 0.2) is 5.78 Å². The van der Waals surface area contributed by atoms with Crippen LogP contribution in [0.15, 0.2) is 42.5 Å². The molecule has 0 fully saturated rings. The molecule has 0 heterocycles. The lowest BCUT2D eigenvalue weighted by Crippen LogP contribution is -2.09. The third kappa shape index (κ3) is 3.49. The monoisotopic (exact) mass is 340 g/mol. The molecular weight excluding hydrogens is 318 g/mol. The number of hydrogen-bond donors (Lipinski definition) is 0. The zero-order chi connectivity index (χ0) is 17.3. The molecule has 0 amide bonds. The number of carbonyl (C=O) groups excluding carboxylic acids is 1. The summed E-state index contributed by atoms with van der Waals surface area (Å²) in [7, 11) is 2.57. The van der Waals surface area contributed by atoms with E-state index in [9.17, 15) is 9.18 Å². The molecule has 24 heavy (non-hydrogen) atoms. The molecule has 0 bridgehead atoms. The SMILES string of the molecule is CC(=O)/C=C(\c1ccc2c(c1)CCCC2C)c1ccc(F)cc1P. The van der Waals surface area contributed by atoms with Gasteiger partial charge in [-0.2, -0.15) is 0 Å². The smallest absolute Gasteiger partial charge is 0.153 e. The van der Waals surface area contributed by atoms with E-state index in [0.29, 0.717) is 5.92 Å². The first-order valence-corrected chi connectivity index (χ1v) is 8.94. The summed E-state index contributed by atoms with van der Waals surface area (Å²) in [6.45, 7) is 3.82. The Morgan fingerprint density at radius 1 is 1.25 bits per heavy atom. The Balaban J connectivity index is 2.12. The molecule has 0 radical (unpaired) electrons. The van der Waals surface area contributed by atoms with E-state index in [1.54, 1.807) is 19.1 Å². The number of carbonyl (C=O) groups is 1. The molecule has 0 saturated carbocycles. The average Bonchev–Trinajstić information content (AvgIpc) is 2.53. The Morgan fingerprint density at radius 3 is 2.75 bits per heavy atom. The van der Waals surface area contributed by atoms with Gasteiger partial charge >= 0.3 is 0 Å². The molecule has 1 nitrogen and oxygen atoms in total. The molecule has 1 aliphatic carbocycles. The van der Waals surface area contributed by atoms with Crippen LogP contribution in [-0.4, -0.2) is 5.78 Å². The van der Waals surface area contributed by atoms with E-state index < -0.39 is 0 Å². The van der Waals surface area contributed by atoms with Crippen LogP contribution in [0.25, 0.3) is 5.57 Å². The van der Waals surface area contributed by atoms with E-state index in [1.165, 1.54) is 36.1 Å². The first-order chi connectivity index (χ1) is 11.5. The van der Waals surface area contributed by atoms with Gasteiger partial charge in [-0.3, -0.25) is 4.79 Å². The van der Waals surface area contributed by atoms with Crippen LogP contribution in [0, 0.1) is 5.82 Å². The summed E-state index contributed by atoms with van der Waals surface area (Å²) in [5, 5.41) is 0.758. The van der Waals surface area contributed by atoms with Gasteiger partial charge in [0, 0.05) is 0 Å². The average molecular weight is 340 g/mol. The summed E-state index contributed by atoms with van der Waals surface area (Å²) >= 11 is 0. The molecule has 2 unspecified atom stereocenters. The number of fused-ring (bicyclic) bond motifs is 1. The Morgan fingerprint density at radius 2 is 2.04 bits per heavy atom. The zero-order valence-corrected chi connectivity index (χ0v) is 15.3. The van der Waals surface area contributed by atoms with E-state index in [0.717, 1.165) is 28.4 Å². The number of halogens is 1. The van der Waals surface area contributed by atoms with Crippen LogP contribution in [0.2, 0.25) is 0 Å². The summed E-state index contributed by atoms with van der Waals surface area (Å²) < 4.78 is 13.4. The number of hydrogen-bond acceptors (Lipinski definition) is 1. The molecule has 2 aromatic carbocycles. The van der Waals surface area contributed by atoms with Crippen LogP contribution < -0.4 is 5.30 Å². The maximum atomic E-state index is 13.4. The Bertz CT molecular complexity index is 823. The highest BCUT2D eigenvalue weighted by Gasteiger charge is 2.18. The van der Waals surface area contributed by atoms with E-state index >= 15 is 0 Å². The van der Waals surface area contributed by atoms with Gasteiger partial charge in [-0.05, 0) is 83.4 Å². The Hall–Kier alpha value is -1.79. The second kappa shape index (κ2) is 6.99. The van der Waals surface area contributed by atoms with Crippen LogP contribution in [0.1, 0.15) is 54.9 Å². The van der Waals surface area contributed by atoms with Gasteiger partial charge in [0.2, 0.25) is 0 Å². The lowest BCUT2D eigenvalue weighted by molar-refractivity contribution is -0.112. The summed E-state index contributed by atoms with van der Waals surface area (Å²) in [6, 6.07) is 11.1. The highest BCUT2D eigenvalue weighted by molar-refractivity contribution is 7.27. The van der Waals surface area contributed by atoms with Crippen molar-refractivity contribution in [3.63, 3.8) is 0 Å². The maximum Gasteiger partial charge on any atom is 0.153 e. The molecule has 2 aromatic rings. The van der Waals surface area contributed by atoms with Crippen molar-refractivity contribution >= 4 is 25.9 Å². The largest absolute Gasteiger partial charge is 0.295 e. The van der Waals surface area contributed by atoms with Crippen LogP contribution >= 0.6 is 9.24 Å². The van der Waals surface area contributed by atoms with Gasteiger partial charge in [0.25, 0.3) is 0 Å². The van der Waals surface area contributed by atoms with Crippen molar-refractivity contribution in [3.05, 3.63) is 70.5 Å². The highest BCUT2D eigenvalue weighted by Crippen LogP contribution is 2.34. The van der Waals surface area contributed by atoms with Crippen LogP contribution in [0.5, 0.6) is 0 Å². The molecular formula is C21H22FOP. The van der Waals surface area contributed by atoms with Crippen molar-refractivity contribution in [1.82, 2.24) is 0 Å². The molecule has 2 atom stereocenters. The summed E-state index contributed by atoms with van der Waals surface area (Å²) in [5.74, 6) is 0.307. The van der Waals surface area contributed by atoms with E-state index in [4.69, 9.17) is 0 Å². The van der Waals surface area contributed by atoms with Crippen molar-refractivity contribution in [3.8, 4) is 0 Å². The van der Waals surface area contributed by atoms with Crippen LogP contribution in [0.3, 0.4) is 0 Å². The molecule has 0 spiro atoms. The normalized spacial score (nSPS) is 17.5. The van der Waals surface area contributed by atoms with Gasteiger partial charge in [0.1, 0.15) is 5.82 Å². The van der Waals surface area contributed by atoms with Gasteiger partial charge in [0.05, 0.1) is 0 Å². The molecule has 0 aliphatic heterocycles. The fraction of sp³-hybridized carbons (Fsp3) is 0.286. The van der Waals surface area contributed by atoms with Crippen LogP contribution in [-0.2, 0) is 11.2 Å². The summed E-state index contributed by atoms with van der Waals surface area (Å²) in [5.41, 5.74) is 5.53. The first kappa shape index (κ1) is 17.0. The minimum Gasteiger partial charge on any atom is -0.295 e. The highest BCUT2D eigenvalue weighted by atomic mass is 31.0. The van der Waals surface area contributed by atoms with Gasteiger partial charge < -0.3 is 0 Å². The second-order valence-electron chi connectivity index (χ2n) is 6.61. The lowest BCUT2D eigenvalue weighted by Gasteiger charge is -2.23. The van der Waals surface area contributed by atoms with Crippen molar-refractivity contribution in [2.45, 2.75) is 39.0 Å². The third-order valence-corrected chi connectivity index (χ3v) is 5.20. The minimum absolute atomic E-state index is 0.00943. The van der Waals surface area contributed by atoms with E-state index in [-0.39, 0.29) is 11.6 Å².